The van der Waals surface area contributed by atoms with Crippen LogP contribution in [0, 0.1) is 5.95 Å². The van der Waals surface area contributed by atoms with E-state index >= 15 is 0 Å². The van der Waals surface area contributed by atoms with Crippen molar-refractivity contribution in [3.63, 3.8) is 0 Å². The summed E-state index contributed by atoms with van der Waals surface area (Å²) in [6.07, 6.45) is 2.84. The fourth-order valence-corrected chi connectivity index (χ4v) is 5.10. The van der Waals surface area contributed by atoms with E-state index in [0.29, 0.717) is 40.3 Å². The first kappa shape index (κ1) is 22.0. The molecule has 4 heterocycles. The number of piperidine rings is 1. The van der Waals surface area contributed by atoms with Gasteiger partial charge in [0.1, 0.15) is 11.4 Å². The summed E-state index contributed by atoms with van der Waals surface area (Å²) in [5.41, 5.74) is 2.17. The van der Waals surface area contributed by atoms with E-state index in [1.54, 1.807) is 34.4 Å². The molecule has 1 aliphatic rings. The van der Waals surface area contributed by atoms with E-state index in [4.69, 9.17) is 32.7 Å². The van der Waals surface area contributed by atoms with Crippen molar-refractivity contribution in [1.82, 2.24) is 20.0 Å². The van der Waals surface area contributed by atoms with E-state index in [-0.39, 0.29) is 17.4 Å². The third-order valence-electron chi connectivity index (χ3n) is 5.62. The summed E-state index contributed by atoms with van der Waals surface area (Å²) in [6, 6.07) is 10.1. The van der Waals surface area contributed by atoms with Crippen LogP contribution in [0.4, 0.5) is 4.39 Å². The van der Waals surface area contributed by atoms with Crippen molar-refractivity contribution in [3.8, 4) is 22.7 Å². The van der Waals surface area contributed by atoms with Crippen LogP contribution in [0.2, 0.25) is 10.0 Å². The summed E-state index contributed by atoms with van der Waals surface area (Å²) in [7, 11) is 0. The Morgan fingerprint density at radius 1 is 1.12 bits per heavy atom. The van der Waals surface area contributed by atoms with Gasteiger partial charge in [-0.15, -0.1) is 11.3 Å². The van der Waals surface area contributed by atoms with E-state index in [0.717, 1.165) is 23.4 Å². The van der Waals surface area contributed by atoms with Crippen LogP contribution < -0.4 is 0 Å². The largest absolute Gasteiger partial charge is 0.354 e. The summed E-state index contributed by atoms with van der Waals surface area (Å²) < 4.78 is 19.4. The molecule has 1 amide bonds. The van der Waals surface area contributed by atoms with Crippen molar-refractivity contribution in [1.29, 1.82) is 0 Å². The van der Waals surface area contributed by atoms with Crippen LogP contribution in [0.15, 0.2) is 52.5 Å². The van der Waals surface area contributed by atoms with Gasteiger partial charge in [0.15, 0.2) is 5.76 Å². The molecule has 0 unspecified atom stereocenters. The number of likely N-dealkylation sites (tertiary alicyclic amines) is 1. The summed E-state index contributed by atoms with van der Waals surface area (Å²) in [4.78, 5) is 22.6. The Labute approximate surface area is 203 Å². The highest BCUT2D eigenvalue weighted by molar-refractivity contribution is 7.10. The lowest BCUT2D eigenvalue weighted by molar-refractivity contribution is 0.0707. The first-order valence-corrected chi connectivity index (χ1v) is 11.9. The first-order chi connectivity index (χ1) is 16.0. The molecule has 1 aromatic carbocycles. The highest BCUT2D eigenvalue weighted by atomic mass is 35.5. The van der Waals surface area contributed by atoms with Gasteiger partial charge in [0.05, 0.1) is 20.6 Å². The third-order valence-corrected chi connectivity index (χ3v) is 7.37. The van der Waals surface area contributed by atoms with E-state index in [2.05, 4.69) is 10.1 Å². The fourth-order valence-electron chi connectivity index (χ4n) is 3.82. The van der Waals surface area contributed by atoms with Crippen molar-refractivity contribution in [2.24, 2.45) is 0 Å². The Balaban J connectivity index is 1.26. The molecular weight excluding hydrogens is 486 g/mol. The third kappa shape index (κ3) is 4.51. The lowest BCUT2D eigenvalue weighted by atomic mass is 9.97. The molecule has 1 saturated heterocycles. The molecule has 0 N–H and O–H groups in total. The second kappa shape index (κ2) is 9.21. The standard InChI is InChI=1S/C23H17Cl2FN4O2S/c24-16-4-3-14(10-17(16)25)18-11-20(32-29-18)19-12-33-22(28-19)13-5-8-30(9-6-13)23(31)15-2-1-7-27-21(15)26/h1-4,7,10-13H,5-6,8-9H2. The number of carbonyl (C=O) groups is 1. The van der Waals surface area contributed by atoms with Gasteiger partial charge in [0, 0.05) is 42.2 Å². The minimum Gasteiger partial charge on any atom is -0.354 e. The second-order valence-corrected chi connectivity index (χ2v) is 9.39. The molecule has 0 radical (unpaired) electrons. The van der Waals surface area contributed by atoms with Gasteiger partial charge in [-0.1, -0.05) is 34.4 Å². The predicted octanol–water partition coefficient (Wildman–Crippen LogP) is 6.33. The van der Waals surface area contributed by atoms with Gasteiger partial charge in [0.2, 0.25) is 5.95 Å². The molecule has 10 heteroatoms. The number of thiazole rings is 1. The van der Waals surface area contributed by atoms with Crippen LogP contribution in [0.3, 0.4) is 0 Å². The average molecular weight is 503 g/mol. The van der Waals surface area contributed by atoms with Crippen molar-refractivity contribution in [2.75, 3.05) is 13.1 Å². The number of hydrogen-bond donors (Lipinski definition) is 0. The average Bonchev–Trinajstić information content (AvgIpc) is 3.51. The quantitative estimate of drug-likeness (QED) is 0.305. The molecule has 0 saturated carbocycles. The number of halogens is 3. The Bertz CT molecular complexity index is 1320. The van der Waals surface area contributed by atoms with Crippen molar-refractivity contribution >= 4 is 40.4 Å². The van der Waals surface area contributed by atoms with Crippen LogP contribution >= 0.6 is 34.5 Å². The van der Waals surface area contributed by atoms with Gasteiger partial charge in [-0.3, -0.25) is 4.79 Å². The normalized spacial score (nSPS) is 14.6. The maximum Gasteiger partial charge on any atom is 0.258 e. The van der Waals surface area contributed by atoms with Crippen LogP contribution in [0.1, 0.15) is 34.1 Å². The van der Waals surface area contributed by atoms with E-state index < -0.39 is 5.95 Å². The molecule has 0 bridgehead atoms. The molecule has 6 nitrogen and oxygen atoms in total. The maximum absolute atomic E-state index is 13.9. The SMILES string of the molecule is O=C(c1cccnc1F)N1CCC(c2nc(-c3cc(-c4ccc(Cl)c(Cl)c4)no3)cs2)CC1. The van der Waals surface area contributed by atoms with Gasteiger partial charge < -0.3 is 9.42 Å². The number of nitrogens with zero attached hydrogens (tertiary/aromatic N) is 4. The molecule has 1 aliphatic heterocycles. The number of rotatable bonds is 4. The maximum atomic E-state index is 13.9. The fraction of sp³-hybridized carbons (Fsp3) is 0.217. The number of hydrogen-bond acceptors (Lipinski definition) is 6. The lowest BCUT2D eigenvalue weighted by Gasteiger charge is -2.31. The smallest absolute Gasteiger partial charge is 0.258 e. The van der Waals surface area contributed by atoms with Crippen LogP contribution in [0.5, 0.6) is 0 Å². The monoisotopic (exact) mass is 502 g/mol. The van der Waals surface area contributed by atoms with Crippen LogP contribution in [0.25, 0.3) is 22.7 Å². The zero-order valence-electron chi connectivity index (χ0n) is 17.2. The van der Waals surface area contributed by atoms with Crippen LogP contribution in [-0.2, 0) is 0 Å². The Morgan fingerprint density at radius 3 is 2.70 bits per heavy atom. The van der Waals surface area contributed by atoms with Gasteiger partial charge >= 0.3 is 0 Å². The summed E-state index contributed by atoms with van der Waals surface area (Å²) >= 11 is 13.6. The van der Waals surface area contributed by atoms with Gasteiger partial charge in [-0.05, 0) is 37.1 Å². The van der Waals surface area contributed by atoms with E-state index in [9.17, 15) is 9.18 Å². The number of carbonyl (C=O) groups excluding carboxylic acids is 1. The first-order valence-electron chi connectivity index (χ1n) is 10.3. The molecule has 1 fully saturated rings. The highest BCUT2D eigenvalue weighted by Crippen LogP contribution is 2.35. The predicted molar refractivity (Wildman–Crippen MR) is 125 cm³/mol. The molecule has 0 atom stereocenters. The minimum atomic E-state index is -0.735. The molecule has 5 rings (SSSR count). The zero-order valence-corrected chi connectivity index (χ0v) is 19.5. The van der Waals surface area contributed by atoms with Crippen molar-refractivity contribution < 1.29 is 13.7 Å². The highest BCUT2D eigenvalue weighted by Gasteiger charge is 2.28. The molecule has 168 valence electrons. The topological polar surface area (TPSA) is 72.1 Å². The molecule has 4 aromatic rings. The summed E-state index contributed by atoms with van der Waals surface area (Å²) in [5, 5.41) is 7.98. The van der Waals surface area contributed by atoms with Crippen molar-refractivity contribution in [2.45, 2.75) is 18.8 Å². The van der Waals surface area contributed by atoms with Gasteiger partial charge in [-0.25, -0.2) is 9.97 Å². The lowest BCUT2D eigenvalue weighted by Crippen LogP contribution is -2.38. The Kier molecular flexibility index (Phi) is 6.14. The molecule has 3 aromatic heterocycles. The zero-order chi connectivity index (χ0) is 22.9. The Hall–Kier alpha value is -2.81. The van der Waals surface area contributed by atoms with Crippen molar-refractivity contribution in [3.05, 3.63) is 74.5 Å². The number of amides is 1. The molecule has 33 heavy (non-hydrogen) atoms. The molecule has 0 aliphatic carbocycles. The van der Waals surface area contributed by atoms with Crippen LogP contribution in [-0.4, -0.2) is 39.0 Å². The van der Waals surface area contributed by atoms with Gasteiger partial charge in [0.25, 0.3) is 5.91 Å². The van der Waals surface area contributed by atoms with Gasteiger partial charge in [-0.2, -0.15) is 4.39 Å². The summed E-state index contributed by atoms with van der Waals surface area (Å²) in [6.45, 7) is 1.08. The summed E-state index contributed by atoms with van der Waals surface area (Å²) in [5.74, 6) is -0.265. The van der Waals surface area contributed by atoms with E-state index in [1.165, 1.54) is 12.3 Å². The minimum absolute atomic E-state index is 0.00980. The number of aromatic nitrogens is 3. The molecular formula is C23H17Cl2FN4O2S. The van der Waals surface area contributed by atoms with E-state index in [1.807, 2.05) is 17.5 Å². The molecule has 0 spiro atoms. The second-order valence-electron chi connectivity index (χ2n) is 7.68. The number of benzene rings is 1. The Morgan fingerprint density at radius 2 is 1.94 bits per heavy atom. The number of pyridine rings is 1.